The van der Waals surface area contributed by atoms with Crippen molar-refractivity contribution in [2.75, 3.05) is 7.05 Å². The monoisotopic (exact) mass is 237 g/mol. The number of thiophene rings is 1. The minimum Gasteiger partial charge on any atom is -0.313 e. The van der Waals surface area contributed by atoms with Gasteiger partial charge in [-0.3, -0.25) is 0 Å². The largest absolute Gasteiger partial charge is 0.313 e. The molecule has 2 rings (SSSR count). The number of hydrogen-bond donors (Lipinski definition) is 1. The van der Waals surface area contributed by atoms with E-state index < -0.39 is 0 Å². The fourth-order valence-electron chi connectivity index (χ4n) is 2.95. The van der Waals surface area contributed by atoms with Gasteiger partial charge >= 0.3 is 0 Å². The Bertz CT molecular complexity index is 310. The number of aryl methyl sites for hydroxylation is 1. The molecule has 2 heteroatoms. The molecule has 1 unspecified atom stereocenters. The Morgan fingerprint density at radius 1 is 1.25 bits per heavy atom. The fourth-order valence-corrected chi connectivity index (χ4v) is 3.69. The molecule has 1 heterocycles. The van der Waals surface area contributed by atoms with Gasteiger partial charge in [-0.25, -0.2) is 0 Å². The molecule has 0 radical (unpaired) electrons. The van der Waals surface area contributed by atoms with Gasteiger partial charge in [0.1, 0.15) is 0 Å². The van der Waals surface area contributed by atoms with Crippen LogP contribution in [0.5, 0.6) is 0 Å². The summed E-state index contributed by atoms with van der Waals surface area (Å²) in [5.74, 6) is 0.849. The maximum absolute atomic E-state index is 3.54. The summed E-state index contributed by atoms with van der Waals surface area (Å²) in [4.78, 5) is 1.43. The van der Waals surface area contributed by atoms with E-state index in [2.05, 4.69) is 30.7 Å². The molecule has 0 aliphatic heterocycles. The predicted molar refractivity (Wildman–Crippen MR) is 72.0 cm³/mol. The molecule has 1 saturated carbocycles. The second-order valence-corrected chi connectivity index (χ2v) is 6.12. The summed E-state index contributed by atoms with van der Waals surface area (Å²) in [6, 6.07) is 2.94. The molecule has 0 amide bonds. The van der Waals surface area contributed by atoms with Crippen LogP contribution in [0.2, 0.25) is 0 Å². The van der Waals surface area contributed by atoms with Crippen LogP contribution in [0.3, 0.4) is 0 Å². The van der Waals surface area contributed by atoms with E-state index in [1.807, 2.05) is 11.3 Å². The summed E-state index contributed by atoms with van der Waals surface area (Å²) in [6.45, 7) is 2.20. The van der Waals surface area contributed by atoms with Crippen molar-refractivity contribution < 1.29 is 0 Å². The zero-order valence-electron chi connectivity index (χ0n) is 10.5. The lowest BCUT2D eigenvalue weighted by Crippen LogP contribution is -2.24. The Morgan fingerprint density at radius 2 is 1.94 bits per heavy atom. The zero-order valence-corrected chi connectivity index (χ0v) is 11.3. The van der Waals surface area contributed by atoms with Crippen LogP contribution in [-0.2, 0) is 0 Å². The van der Waals surface area contributed by atoms with E-state index in [1.165, 1.54) is 49.0 Å². The molecule has 1 atom stereocenters. The zero-order chi connectivity index (χ0) is 11.4. The van der Waals surface area contributed by atoms with Crippen LogP contribution in [0.15, 0.2) is 11.4 Å². The van der Waals surface area contributed by atoms with E-state index in [9.17, 15) is 0 Å². The molecule has 1 aromatic heterocycles. The highest BCUT2D eigenvalue weighted by Gasteiger charge is 2.23. The third kappa shape index (κ3) is 2.86. The van der Waals surface area contributed by atoms with Crippen molar-refractivity contribution >= 4 is 11.3 Å². The summed E-state index contributed by atoms with van der Waals surface area (Å²) in [6.07, 6.45) is 8.53. The summed E-state index contributed by atoms with van der Waals surface area (Å²) in [7, 11) is 2.11. The molecule has 0 bridgehead atoms. The average Bonchev–Trinajstić information content (AvgIpc) is 2.55. The molecule has 0 saturated heterocycles. The SMILES string of the molecule is CNC(c1csc(C)c1)C1CCCCCC1. The Balaban J connectivity index is 2.08. The molecule has 1 aliphatic carbocycles. The van der Waals surface area contributed by atoms with Crippen LogP contribution in [-0.4, -0.2) is 7.05 Å². The van der Waals surface area contributed by atoms with Crippen molar-refractivity contribution in [1.29, 1.82) is 0 Å². The topological polar surface area (TPSA) is 12.0 Å². The average molecular weight is 237 g/mol. The predicted octanol–water partition coefficient (Wildman–Crippen LogP) is 4.29. The molecule has 16 heavy (non-hydrogen) atoms. The third-order valence-corrected chi connectivity index (χ3v) is 4.67. The first-order chi connectivity index (χ1) is 7.81. The van der Waals surface area contributed by atoms with Crippen LogP contribution in [0.25, 0.3) is 0 Å². The van der Waals surface area contributed by atoms with Crippen LogP contribution in [0.4, 0.5) is 0 Å². The first kappa shape index (κ1) is 12.1. The molecular weight excluding hydrogens is 214 g/mol. The lowest BCUT2D eigenvalue weighted by atomic mass is 9.88. The summed E-state index contributed by atoms with van der Waals surface area (Å²) < 4.78 is 0. The van der Waals surface area contributed by atoms with Gasteiger partial charge < -0.3 is 5.32 Å². The summed E-state index contributed by atoms with van der Waals surface area (Å²) >= 11 is 1.88. The van der Waals surface area contributed by atoms with Crippen LogP contribution in [0, 0.1) is 12.8 Å². The van der Waals surface area contributed by atoms with E-state index in [0.29, 0.717) is 6.04 Å². The second-order valence-electron chi connectivity index (χ2n) is 5.01. The van der Waals surface area contributed by atoms with Gasteiger partial charge in [-0.15, -0.1) is 11.3 Å². The molecule has 1 aliphatic rings. The van der Waals surface area contributed by atoms with Gasteiger partial charge in [0.05, 0.1) is 0 Å². The van der Waals surface area contributed by atoms with Gasteiger partial charge in [0.15, 0.2) is 0 Å². The minimum atomic E-state index is 0.586. The first-order valence-electron chi connectivity index (χ1n) is 6.53. The molecule has 1 nitrogen and oxygen atoms in total. The lowest BCUT2D eigenvalue weighted by molar-refractivity contribution is 0.342. The number of hydrogen-bond acceptors (Lipinski definition) is 2. The first-order valence-corrected chi connectivity index (χ1v) is 7.41. The van der Waals surface area contributed by atoms with Gasteiger partial charge in [0.2, 0.25) is 0 Å². The quantitative estimate of drug-likeness (QED) is 0.773. The van der Waals surface area contributed by atoms with Gasteiger partial charge in [-0.2, -0.15) is 0 Å². The van der Waals surface area contributed by atoms with E-state index in [1.54, 1.807) is 0 Å². The standard InChI is InChI=1S/C14H23NS/c1-11-9-13(10-16-11)14(15-2)12-7-5-3-4-6-8-12/h9-10,12,14-15H,3-8H2,1-2H3. The van der Waals surface area contributed by atoms with Gasteiger partial charge in [-0.05, 0) is 49.7 Å². The van der Waals surface area contributed by atoms with E-state index >= 15 is 0 Å². The van der Waals surface area contributed by atoms with Crippen molar-refractivity contribution in [2.24, 2.45) is 5.92 Å². The maximum Gasteiger partial charge on any atom is 0.0354 e. The van der Waals surface area contributed by atoms with Gasteiger partial charge in [0.25, 0.3) is 0 Å². The van der Waals surface area contributed by atoms with Crippen LogP contribution < -0.4 is 5.32 Å². The normalized spacial score (nSPS) is 20.6. The van der Waals surface area contributed by atoms with Crippen molar-refractivity contribution in [3.05, 3.63) is 21.9 Å². The molecule has 0 aromatic carbocycles. The van der Waals surface area contributed by atoms with Crippen LogP contribution >= 0.6 is 11.3 Å². The number of nitrogens with one attached hydrogen (secondary N) is 1. The second kappa shape index (κ2) is 5.83. The van der Waals surface area contributed by atoms with Crippen LogP contribution in [0.1, 0.15) is 55.0 Å². The van der Waals surface area contributed by atoms with Crippen molar-refractivity contribution in [2.45, 2.75) is 51.5 Å². The highest BCUT2D eigenvalue weighted by Crippen LogP contribution is 2.34. The Labute approximate surface area is 103 Å². The van der Waals surface area contributed by atoms with Crippen molar-refractivity contribution in [3.8, 4) is 0 Å². The Morgan fingerprint density at radius 3 is 2.44 bits per heavy atom. The highest BCUT2D eigenvalue weighted by atomic mass is 32.1. The Hall–Kier alpha value is -0.340. The smallest absolute Gasteiger partial charge is 0.0354 e. The molecule has 0 spiro atoms. The molecule has 1 aromatic rings. The van der Waals surface area contributed by atoms with Crippen molar-refractivity contribution in [1.82, 2.24) is 5.32 Å². The van der Waals surface area contributed by atoms with E-state index in [-0.39, 0.29) is 0 Å². The minimum absolute atomic E-state index is 0.586. The third-order valence-electron chi connectivity index (χ3n) is 3.79. The van der Waals surface area contributed by atoms with Crippen molar-refractivity contribution in [3.63, 3.8) is 0 Å². The summed E-state index contributed by atoms with van der Waals surface area (Å²) in [5, 5.41) is 5.87. The van der Waals surface area contributed by atoms with E-state index in [0.717, 1.165) is 5.92 Å². The molecule has 1 fully saturated rings. The Kier molecular flexibility index (Phi) is 4.42. The van der Waals surface area contributed by atoms with Gasteiger partial charge in [-0.1, -0.05) is 25.7 Å². The molecule has 1 N–H and O–H groups in total. The molecule has 90 valence electrons. The number of rotatable bonds is 3. The molecular formula is C14H23NS. The lowest BCUT2D eigenvalue weighted by Gasteiger charge is -2.25. The highest BCUT2D eigenvalue weighted by molar-refractivity contribution is 7.10. The fraction of sp³-hybridized carbons (Fsp3) is 0.714. The maximum atomic E-state index is 3.54. The van der Waals surface area contributed by atoms with Gasteiger partial charge in [0, 0.05) is 10.9 Å². The summed E-state index contributed by atoms with van der Waals surface area (Å²) in [5.41, 5.74) is 1.51. The van der Waals surface area contributed by atoms with E-state index in [4.69, 9.17) is 0 Å².